The maximum Gasteiger partial charge on any atom is 0.167 e. The van der Waals surface area contributed by atoms with Crippen LogP contribution in [-0.4, -0.2) is 47.6 Å². The number of ether oxygens (including phenoxy) is 1. The molecule has 0 atom stereocenters. The van der Waals surface area contributed by atoms with Crippen molar-refractivity contribution in [1.29, 1.82) is 5.26 Å². The molecule has 9 nitrogen and oxygen atoms in total. The summed E-state index contributed by atoms with van der Waals surface area (Å²) in [7, 11) is 1.61. The highest BCUT2D eigenvalue weighted by Gasteiger charge is 2.15. The number of benzene rings is 14. The topological polar surface area (TPSA) is 153 Å². The first-order chi connectivity index (χ1) is 60.0. The van der Waals surface area contributed by atoms with Gasteiger partial charge in [-0.05, 0) is 182 Å². The number of ketones is 7. The Labute approximate surface area is 742 Å². The zero-order valence-electron chi connectivity index (χ0n) is 75.3. The molecule has 0 bridgehead atoms. The summed E-state index contributed by atoms with van der Waals surface area (Å²) in [6.45, 7) is 28.7. The second kappa shape index (κ2) is 49.8. The minimum Gasteiger partial charge on any atom is -0.497 e. The molecule has 0 fully saturated rings. The number of carbonyl (C=O) groups is 7. The number of carbonyl (C=O) groups excluding carboxylic acids is 7. The van der Waals surface area contributed by atoms with Gasteiger partial charge in [0.05, 0.1) is 18.7 Å². The van der Waals surface area contributed by atoms with E-state index in [-0.39, 0.29) is 40.5 Å². The minimum absolute atomic E-state index is 0.0742. The van der Waals surface area contributed by atoms with Crippen molar-refractivity contribution >= 4 is 40.5 Å². The molecule has 125 heavy (non-hydrogen) atoms. The van der Waals surface area contributed by atoms with Gasteiger partial charge in [-0.15, -0.1) is 0 Å². The van der Waals surface area contributed by atoms with Gasteiger partial charge in [0.1, 0.15) is 5.75 Å². The van der Waals surface area contributed by atoms with Gasteiger partial charge in [-0.3, -0.25) is 33.6 Å². The maximum atomic E-state index is 12.2. The van der Waals surface area contributed by atoms with E-state index in [1.807, 2.05) is 304 Å². The number of nitriles is 1. The third kappa shape index (κ3) is 34.1. The average Bonchev–Trinajstić information content (AvgIpc) is 0.843. The fraction of sp³-hybridized carbons (Fsp3) is 0.207. The molecule has 0 unspecified atom stereocenters. The Balaban J connectivity index is 0.000000181. The molecule has 14 aromatic carbocycles. The van der Waals surface area contributed by atoms with Crippen molar-refractivity contribution in [3.05, 3.63) is 489 Å². The van der Waals surface area contributed by atoms with Crippen LogP contribution >= 0.6 is 0 Å². The van der Waals surface area contributed by atoms with E-state index < -0.39 is 0 Å². The van der Waals surface area contributed by atoms with Gasteiger partial charge < -0.3 is 4.74 Å². The van der Waals surface area contributed by atoms with Gasteiger partial charge in [0, 0.05) is 83.9 Å². The molecule has 0 saturated carbocycles. The molecule has 0 aliphatic carbocycles. The van der Waals surface area contributed by atoms with E-state index >= 15 is 0 Å². The predicted octanol–water partition coefficient (Wildman–Crippen LogP) is 26.5. The van der Waals surface area contributed by atoms with Crippen LogP contribution in [0.3, 0.4) is 0 Å². The van der Waals surface area contributed by atoms with Gasteiger partial charge in [0.2, 0.25) is 0 Å². The number of methoxy groups -OCH3 is 1. The molecule has 0 aromatic heterocycles. The van der Waals surface area contributed by atoms with E-state index in [1.165, 1.54) is 72.3 Å². The summed E-state index contributed by atoms with van der Waals surface area (Å²) in [4.78, 5) is 84.7. The zero-order chi connectivity index (χ0) is 90.3. The number of hydrogen-bond donors (Lipinski definition) is 0. The summed E-state index contributed by atoms with van der Waals surface area (Å²) in [5.41, 5.74) is 30.3. The number of hydrogen-bond acceptors (Lipinski definition) is 9. The van der Waals surface area contributed by atoms with Crippen LogP contribution in [0.1, 0.15) is 209 Å². The summed E-state index contributed by atoms with van der Waals surface area (Å²) in [6.07, 6.45) is 5.24. The highest BCUT2D eigenvalue weighted by Crippen LogP contribution is 2.21. The zero-order valence-corrected chi connectivity index (χ0v) is 75.3. The van der Waals surface area contributed by atoms with Crippen LogP contribution in [0.25, 0.3) is 0 Å². The molecule has 0 N–H and O–H groups in total. The normalized spacial score (nSPS) is 10.2. The highest BCUT2D eigenvalue weighted by atomic mass is 16.5. The van der Waals surface area contributed by atoms with Crippen molar-refractivity contribution in [3.63, 3.8) is 0 Å². The van der Waals surface area contributed by atoms with Crippen molar-refractivity contribution in [2.45, 2.75) is 155 Å². The molecular formula is C116H117NO8. The molecule has 0 amide bonds. The molecule has 14 rings (SSSR count). The summed E-state index contributed by atoms with van der Waals surface area (Å²) < 4.78 is 5.07. The van der Waals surface area contributed by atoms with Gasteiger partial charge >= 0.3 is 0 Å². The van der Waals surface area contributed by atoms with Crippen molar-refractivity contribution in [2.75, 3.05) is 7.11 Å². The highest BCUT2D eigenvalue weighted by molar-refractivity contribution is 6.01. The third-order valence-electron chi connectivity index (χ3n) is 20.8. The Hall–Kier alpha value is -13.9. The fourth-order valence-electron chi connectivity index (χ4n) is 13.9. The average molecular weight is 1650 g/mol. The lowest BCUT2D eigenvalue weighted by molar-refractivity contribution is 0.0984. The van der Waals surface area contributed by atoms with Gasteiger partial charge in [0.25, 0.3) is 0 Å². The van der Waals surface area contributed by atoms with Gasteiger partial charge in [-0.1, -0.05) is 372 Å². The summed E-state index contributed by atoms with van der Waals surface area (Å²) in [5.74, 6) is 1.87. The van der Waals surface area contributed by atoms with Gasteiger partial charge in [0.15, 0.2) is 40.5 Å². The molecule has 0 aliphatic rings. The molecular weight excluding hydrogens is 1540 g/mol. The Kier molecular flexibility index (Phi) is 38.5. The Bertz CT molecular complexity index is 5780. The number of Topliss-reactive ketones (excluding diaryl/α,β-unsaturated/α-hetero) is 7. The van der Waals surface area contributed by atoms with Crippen LogP contribution in [0.15, 0.2) is 328 Å². The van der Waals surface area contributed by atoms with Crippen molar-refractivity contribution in [3.8, 4) is 11.8 Å². The van der Waals surface area contributed by atoms with E-state index in [0.29, 0.717) is 56.1 Å². The molecule has 0 spiro atoms. The standard InChI is InChI=1S/C18H20O.2C17H18O.C16H13NO.C16H16O2.2C16H16O/c1-4-15-5-7-17(8-6-15)18(19)12-16-10-13(2)9-14(3)11-16;1-12-4-6-16(7-5-12)17(18)11-15-9-13(2)8-14(3)10-15;1-3-14-7-9-16(10-8-14)17(18)12-15-6-4-5-13(2)11-15;1-12-3-2-4-14(9-12)10-16(18)15-7-5-13(11-17)6-8-15;1-12-4-3-5-13(10-12)11-16(17)14-6-8-15(18-2)9-7-14;1-12-3-7-14(8-4-12)11-16(17)15-9-5-13(2)6-10-15;1-12-6-8-15(9-7-12)16(17)11-14-5-3-4-13(2)10-14/h5-11H,4,12H2,1-3H3;4-10H,11H2,1-3H3;4-11H,3,12H2,1-2H3;2-9H,10H2,1H3;3-10H,11H2,1-2H3;2*3-10H,11H2,1-2H3. The van der Waals surface area contributed by atoms with Crippen molar-refractivity contribution < 1.29 is 38.3 Å². The van der Waals surface area contributed by atoms with Gasteiger partial charge in [-0.2, -0.15) is 5.26 Å². The summed E-state index contributed by atoms with van der Waals surface area (Å²) >= 11 is 0. The Morgan fingerprint density at radius 3 is 0.648 bits per heavy atom. The quantitative estimate of drug-likeness (QED) is 0.0538. The van der Waals surface area contributed by atoms with E-state index in [1.54, 1.807) is 43.5 Å². The van der Waals surface area contributed by atoms with Crippen molar-refractivity contribution in [1.82, 2.24) is 0 Å². The third-order valence-corrected chi connectivity index (χ3v) is 20.8. The lowest BCUT2D eigenvalue weighted by Gasteiger charge is -2.05. The largest absolute Gasteiger partial charge is 0.497 e. The van der Waals surface area contributed by atoms with Crippen LogP contribution < -0.4 is 4.74 Å². The first-order valence-electron chi connectivity index (χ1n) is 42.7. The molecule has 0 saturated heterocycles. The first-order valence-corrected chi connectivity index (χ1v) is 42.7. The van der Waals surface area contributed by atoms with E-state index in [4.69, 9.17) is 10.00 Å². The second-order valence-corrected chi connectivity index (χ2v) is 32.3. The Morgan fingerprint density at radius 2 is 0.416 bits per heavy atom. The predicted molar refractivity (Wildman–Crippen MR) is 513 cm³/mol. The van der Waals surface area contributed by atoms with Crippen molar-refractivity contribution in [2.24, 2.45) is 0 Å². The maximum absolute atomic E-state index is 12.2. The van der Waals surface area contributed by atoms with Crippen LogP contribution in [0.5, 0.6) is 5.75 Å². The van der Waals surface area contributed by atoms with Gasteiger partial charge in [-0.25, -0.2) is 0 Å². The molecule has 14 aromatic rings. The van der Waals surface area contributed by atoms with E-state index in [0.717, 1.165) is 96.5 Å². The monoisotopic (exact) mass is 1650 g/mol. The number of nitrogens with zero attached hydrogens (tertiary/aromatic N) is 1. The van der Waals surface area contributed by atoms with Crippen LogP contribution in [0, 0.1) is 94.4 Å². The van der Waals surface area contributed by atoms with Crippen LogP contribution in [0.4, 0.5) is 0 Å². The van der Waals surface area contributed by atoms with E-state index in [2.05, 4.69) is 90.1 Å². The molecule has 0 radical (unpaired) electrons. The summed E-state index contributed by atoms with van der Waals surface area (Å²) in [5, 5.41) is 8.70. The first kappa shape index (κ1) is 96.5. The fourth-order valence-corrected chi connectivity index (χ4v) is 13.9. The lowest BCUT2D eigenvalue weighted by atomic mass is 9.99. The van der Waals surface area contributed by atoms with E-state index in [9.17, 15) is 33.6 Å². The molecule has 0 aliphatic heterocycles. The summed E-state index contributed by atoms with van der Waals surface area (Å²) in [6, 6.07) is 108. The molecule has 634 valence electrons. The SMILES string of the molecule is CCc1ccc(C(=O)Cc2cc(C)cc(C)c2)cc1.CCc1ccc(C(=O)Cc2cccc(C)c2)cc1.COc1ccc(C(=O)Cc2cccc(C)c2)cc1.Cc1ccc(C(=O)Cc2cc(C)cc(C)c2)cc1.Cc1ccc(C(=O)Cc2cccc(C)c2)cc1.Cc1ccc(CC(=O)c2ccc(C)cc2)cc1.Cc1cccc(CC(=O)c2ccc(C#N)cc2)c1. The lowest BCUT2D eigenvalue weighted by Crippen LogP contribution is -2.04. The molecule has 0 heterocycles. The van der Waals surface area contributed by atoms with Crippen LogP contribution in [-0.2, 0) is 57.8 Å². The second-order valence-electron chi connectivity index (χ2n) is 32.3. The number of rotatable bonds is 24. The molecule has 9 heteroatoms. The number of aryl methyl sites for hydroxylation is 14. The Morgan fingerprint density at radius 1 is 0.216 bits per heavy atom. The smallest absolute Gasteiger partial charge is 0.167 e. The minimum atomic E-state index is 0.0742. The van der Waals surface area contributed by atoms with Crippen LogP contribution in [0.2, 0.25) is 0 Å².